The van der Waals surface area contributed by atoms with Gasteiger partial charge in [0.05, 0.1) is 12.1 Å². The van der Waals surface area contributed by atoms with Gasteiger partial charge in [-0.05, 0) is 29.9 Å². The van der Waals surface area contributed by atoms with Gasteiger partial charge in [0.15, 0.2) is 5.11 Å². The van der Waals surface area contributed by atoms with Crippen LogP contribution in [0.15, 0.2) is 65.8 Å². The lowest BCUT2D eigenvalue weighted by atomic mass is 10.0. The fraction of sp³-hybridized carbons (Fsp3) is 0.118. The van der Waals surface area contributed by atoms with Crippen LogP contribution in [0.3, 0.4) is 0 Å². The molecule has 1 aliphatic heterocycles. The number of anilines is 1. The molecule has 6 heteroatoms. The van der Waals surface area contributed by atoms with Crippen molar-refractivity contribution in [3.63, 3.8) is 0 Å². The van der Waals surface area contributed by atoms with E-state index in [4.69, 9.17) is 18.0 Å². The first-order valence-electron chi connectivity index (χ1n) is 7.21. The molecule has 0 aromatic heterocycles. The predicted octanol–water partition coefficient (Wildman–Crippen LogP) is 2.35. The Morgan fingerprint density at radius 2 is 1.74 bits per heavy atom. The fourth-order valence-electron chi connectivity index (χ4n) is 2.72. The second-order valence-electron chi connectivity index (χ2n) is 5.17. The molecule has 23 heavy (non-hydrogen) atoms. The lowest BCUT2D eigenvalue weighted by molar-refractivity contribution is -0.116. The summed E-state index contributed by atoms with van der Waals surface area (Å²) >= 11 is 4.80. The highest BCUT2D eigenvalue weighted by Crippen LogP contribution is 2.35. The van der Waals surface area contributed by atoms with Crippen molar-refractivity contribution >= 4 is 34.6 Å². The Kier molecular flexibility index (Phi) is 4.34. The lowest BCUT2D eigenvalue weighted by Gasteiger charge is -2.25. The molecule has 0 radical (unpaired) electrons. The van der Waals surface area contributed by atoms with Gasteiger partial charge in [0.1, 0.15) is 6.04 Å². The SMILES string of the molecule is NC(=S)NN=C1CC(=O)N(c2ccccc2)C1c1ccccc1. The molecule has 3 rings (SSSR count). The first kappa shape index (κ1) is 15.2. The number of hydrazone groups is 1. The first-order valence-corrected chi connectivity index (χ1v) is 7.61. The molecule has 1 unspecified atom stereocenters. The minimum Gasteiger partial charge on any atom is -0.375 e. The van der Waals surface area contributed by atoms with Gasteiger partial charge in [0, 0.05) is 5.69 Å². The van der Waals surface area contributed by atoms with Gasteiger partial charge >= 0.3 is 0 Å². The van der Waals surface area contributed by atoms with Crippen molar-refractivity contribution in [1.82, 2.24) is 5.43 Å². The minimum absolute atomic E-state index is 0.00598. The topological polar surface area (TPSA) is 70.7 Å². The van der Waals surface area contributed by atoms with E-state index in [9.17, 15) is 4.79 Å². The van der Waals surface area contributed by atoms with Crippen LogP contribution in [0.2, 0.25) is 0 Å². The van der Waals surface area contributed by atoms with Gasteiger partial charge in [-0.2, -0.15) is 5.10 Å². The molecule has 1 aliphatic rings. The van der Waals surface area contributed by atoms with E-state index in [1.165, 1.54) is 0 Å². The van der Waals surface area contributed by atoms with Crippen LogP contribution >= 0.6 is 12.2 Å². The number of rotatable bonds is 3. The zero-order chi connectivity index (χ0) is 16.2. The maximum Gasteiger partial charge on any atom is 0.233 e. The van der Waals surface area contributed by atoms with Crippen LogP contribution in [0.4, 0.5) is 5.69 Å². The molecular weight excluding hydrogens is 308 g/mol. The molecular formula is C17H16N4OS. The van der Waals surface area contributed by atoms with Gasteiger partial charge < -0.3 is 5.73 Å². The molecule has 1 amide bonds. The zero-order valence-electron chi connectivity index (χ0n) is 12.3. The summed E-state index contributed by atoms with van der Waals surface area (Å²) < 4.78 is 0. The summed E-state index contributed by atoms with van der Waals surface area (Å²) in [6.07, 6.45) is 0.226. The van der Waals surface area contributed by atoms with Crippen LogP contribution in [0.25, 0.3) is 0 Å². The smallest absolute Gasteiger partial charge is 0.233 e. The summed E-state index contributed by atoms with van der Waals surface area (Å²) in [5.74, 6) is -0.00598. The van der Waals surface area contributed by atoms with Crippen LogP contribution in [0.5, 0.6) is 0 Å². The predicted molar refractivity (Wildman–Crippen MR) is 95.1 cm³/mol. The lowest BCUT2D eigenvalue weighted by Crippen LogP contribution is -2.30. The van der Waals surface area contributed by atoms with E-state index in [1.54, 1.807) is 4.90 Å². The molecule has 1 atom stereocenters. The second-order valence-corrected chi connectivity index (χ2v) is 5.61. The third kappa shape index (κ3) is 3.22. The number of hydrogen-bond donors (Lipinski definition) is 2. The molecule has 116 valence electrons. The molecule has 2 aromatic rings. The number of carbonyl (C=O) groups is 1. The van der Waals surface area contributed by atoms with Crippen molar-refractivity contribution in [2.24, 2.45) is 10.8 Å². The number of amides is 1. The van der Waals surface area contributed by atoms with Gasteiger partial charge in [0.25, 0.3) is 0 Å². The second kappa shape index (κ2) is 6.58. The molecule has 0 saturated carbocycles. The fourth-order valence-corrected chi connectivity index (χ4v) is 2.76. The highest BCUT2D eigenvalue weighted by atomic mass is 32.1. The van der Waals surface area contributed by atoms with Crippen molar-refractivity contribution in [2.45, 2.75) is 12.5 Å². The average molecular weight is 324 g/mol. The Bertz CT molecular complexity index is 746. The molecule has 1 heterocycles. The van der Waals surface area contributed by atoms with E-state index >= 15 is 0 Å². The Hall–Kier alpha value is -2.73. The van der Waals surface area contributed by atoms with Crippen molar-refractivity contribution in [3.8, 4) is 0 Å². The quantitative estimate of drug-likeness (QED) is 0.672. The Morgan fingerprint density at radius 3 is 2.35 bits per heavy atom. The number of nitrogens with zero attached hydrogens (tertiary/aromatic N) is 2. The van der Waals surface area contributed by atoms with Gasteiger partial charge in [-0.3, -0.25) is 15.1 Å². The third-order valence-electron chi connectivity index (χ3n) is 3.63. The van der Waals surface area contributed by atoms with E-state index in [2.05, 4.69) is 10.5 Å². The van der Waals surface area contributed by atoms with Crippen molar-refractivity contribution in [3.05, 3.63) is 66.2 Å². The number of thiocarbonyl (C=S) groups is 1. The summed E-state index contributed by atoms with van der Waals surface area (Å²) in [5.41, 5.74) is 10.6. The number of nitrogens with one attached hydrogen (secondary N) is 1. The van der Waals surface area contributed by atoms with Crippen LogP contribution in [0, 0.1) is 0 Å². The van der Waals surface area contributed by atoms with Crippen LogP contribution in [-0.4, -0.2) is 16.7 Å². The van der Waals surface area contributed by atoms with Crippen molar-refractivity contribution in [2.75, 3.05) is 4.90 Å². The molecule has 0 aliphatic carbocycles. The Labute approximate surface area is 139 Å². The Balaban J connectivity index is 2.05. The van der Waals surface area contributed by atoms with E-state index in [0.717, 1.165) is 11.3 Å². The van der Waals surface area contributed by atoms with Crippen LogP contribution in [-0.2, 0) is 4.79 Å². The van der Waals surface area contributed by atoms with Gasteiger partial charge in [-0.1, -0.05) is 48.5 Å². The standard InChI is InChI=1S/C17H16N4OS/c18-17(23)20-19-14-11-15(22)21(13-9-5-2-6-10-13)16(14)12-7-3-1-4-8-12/h1-10,16H,11H2,(H3,18,20,23). The molecule has 5 nitrogen and oxygen atoms in total. The molecule has 1 saturated heterocycles. The number of para-hydroxylation sites is 1. The molecule has 2 aromatic carbocycles. The van der Waals surface area contributed by atoms with Crippen molar-refractivity contribution < 1.29 is 4.79 Å². The highest BCUT2D eigenvalue weighted by molar-refractivity contribution is 7.80. The maximum atomic E-state index is 12.6. The maximum absolute atomic E-state index is 12.6. The van der Waals surface area contributed by atoms with E-state index in [1.807, 2.05) is 60.7 Å². The third-order valence-corrected chi connectivity index (χ3v) is 3.73. The molecule has 1 fully saturated rings. The summed E-state index contributed by atoms with van der Waals surface area (Å²) in [6.45, 7) is 0. The van der Waals surface area contributed by atoms with E-state index in [-0.39, 0.29) is 23.5 Å². The number of benzene rings is 2. The Morgan fingerprint density at radius 1 is 1.13 bits per heavy atom. The summed E-state index contributed by atoms with van der Waals surface area (Å²) in [5, 5.41) is 4.32. The number of hydrogen-bond acceptors (Lipinski definition) is 3. The largest absolute Gasteiger partial charge is 0.375 e. The van der Waals surface area contributed by atoms with Crippen LogP contribution < -0.4 is 16.1 Å². The molecule has 0 spiro atoms. The van der Waals surface area contributed by atoms with Gasteiger partial charge in [-0.25, -0.2) is 0 Å². The monoisotopic (exact) mass is 324 g/mol. The minimum atomic E-state index is -0.270. The first-order chi connectivity index (χ1) is 11.2. The number of nitrogens with two attached hydrogens (primary N) is 1. The normalized spacial score (nSPS) is 19.1. The van der Waals surface area contributed by atoms with Crippen molar-refractivity contribution in [1.29, 1.82) is 0 Å². The zero-order valence-corrected chi connectivity index (χ0v) is 13.2. The summed E-state index contributed by atoms with van der Waals surface area (Å²) in [4.78, 5) is 14.3. The average Bonchev–Trinajstić information content (AvgIpc) is 2.91. The van der Waals surface area contributed by atoms with Crippen LogP contribution in [0.1, 0.15) is 18.0 Å². The highest BCUT2D eigenvalue weighted by Gasteiger charge is 2.38. The van der Waals surface area contributed by atoms with Gasteiger partial charge in [-0.15, -0.1) is 0 Å². The molecule has 3 N–H and O–H groups in total. The summed E-state index contributed by atoms with van der Waals surface area (Å²) in [6, 6.07) is 19.1. The molecule has 0 bridgehead atoms. The summed E-state index contributed by atoms with van der Waals surface area (Å²) in [7, 11) is 0. The van der Waals surface area contributed by atoms with E-state index in [0.29, 0.717) is 5.71 Å². The van der Waals surface area contributed by atoms with E-state index < -0.39 is 0 Å². The van der Waals surface area contributed by atoms with Gasteiger partial charge in [0.2, 0.25) is 5.91 Å². The number of carbonyl (C=O) groups excluding carboxylic acids is 1.